The highest BCUT2D eigenvalue weighted by Gasteiger charge is 2.31. The van der Waals surface area contributed by atoms with Crippen molar-refractivity contribution in [2.45, 2.75) is 6.42 Å². The minimum Gasteiger partial charge on any atom is -0.310 e. The van der Waals surface area contributed by atoms with Gasteiger partial charge in [-0.2, -0.15) is 0 Å². The van der Waals surface area contributed by atoms with Crippen LogP contribution in [-0.4, -0.2) is 23.3 Å². The number of carbonyl (C=O) groups excluding carboxylic acids is 1. The molecule has 1 amide bonds. The maximum atomic E-state index is 11.8. The average molecular weight is 289 g/mol. The smallest absolute Gasteiger partial charge is 0.271 e. The van der Waals surface area contributed by atoms with Crippen LogP contribution in [0.4, 0.5) is 11.4 Å². The number of nitrogens with zero attached hydrogens (tertiary/aromatic N) is 2. The molecule has 0 N–H and O–H groups in total. The number of nitro benzene ring substituents is 1. The lowest BCUT2D eigenvalue weighted by Gasteiger charge is -2.17. The molecular weight excluding hydrogens is 279 g/mol. The molecule has 1 aromatic carbocycles. The van der Waals surface area contributed by atoms with E-state index in [2.05, 4.69) is 0 Å². The molecule has 0 bridgehead atoms. The molecule has 0 aromatic heterocycles. The predicted octanol–water partition coefficient (Wildman–Crippen LogP) is 2.84. The molecule has 1 saturated heterocycles. The fraction of sp³-hybridized carbons (Fsp3) is 0.364. The Bertz CT molecular complexity index is 507. The molecule has 0 saturated carbocycles. The third-order valence-electron chi connectivity index (χ3n) is 2.85. The Balaban J connectivity index is 2.35. The molecule has 1 aliphatic rings. The van der Waals surface area contributed by atoms with Gasteiger partial charge >= 0.3 is 0 Å². The summed E-state index contributed by atoms with van der Waals surface area (Å²) in [6.07, 6.45) is 0.350. The first-order chi connectivity index (χ1) is 8.52. The number of carbonyl (C=O) groups is 1. The van der Waals surface area contributed by atoms with Gasteiger partial charge in [-0.3, -0.25) is 14.9 Å². The van der Waals surface area contributed by atoms with Crippen LogP contribution < -0.4 is 4.90 Å². The van der Waals surface area contributed by atoms with Crippen LogP contribution in [0, 0.1) is 16.0 Å². The van der Waals surface area contributed by atoms with E-state index >= 15 is 0 Å². The van der Waals surface area contributed by atoms with Crippen molar-refractivity contribution in [1.82, 2.24) is 0 Å². The van der Waals surface area contributed by atoms with Crippen molar-refractivity contribution in [3.63, 3.8) is 0 Å². The van der Waals surface area contributed by atoms with Crippen LogP contribution in [0.1, 0.15) is 6.42 Å². The normalized spacial score (nSPS) is 19.3. The number of nitro groups is 1. The summed E-state index contributed by atoms with van der Waals surface area (Å²) in [5.74, 6) is 0.340. The molecule has 1 atom stereocenters. The number of non-ortho nitro benzene ring substituents is 1. The van der Waals surface area contributed by atoms with E-state index < -0.39 is 4.92 Å². The van der Waals surface area contributed by atoms with E-state index in [9.17, 15) is 14.9 Å². The molecule has 5 nitrogen and oxygen atoms in total. The number of hydrogen-bond donors (Lipinski definition) is 0. The van der Waals surface area contributed by atoms with E-state index in [-0.39, 0.29) is 17.5 Å². The summed E-state index contributed by atoms with van der Waals surface area (Å²) in [6.45, 7) is 0.448. The molecule has 96 valence electrons. The van der Waals surface area contributed by atoms with E-state index in [1.807, 2.05) is 0 Å². The fourth-order valence-electron chi connectivity index (χ4n) is 1.94. The molecule has 1 aromatic rings. The van der Waals surface area contributed by atoms with Crippen LogP contribution in [0.25, 0.3) is 0 Å². The second-order valence-corrected chi connectivity index (χ2v) is 4.84. The minimum absolute atomic E-state index is 0.0643. The monoisotopic (exact) mass is 288 g/mol. The minimum atomic E-state index is -0.514. The topological polar surface area (TPSA) is 63.5 Å². The number of benzene rings is 1. The number of anilines is 1. The molecule has 1 unspecified atom stereocenters. The molecule has 0 radical (unpaired) electrons. The first kappa shape index (κ1) is 13.1. The molecule has 1 heterocycles. The van der Waals surface area contributed by atoms with E-state index in [1.165, 1.54) is 23.1 Å². The summed E-state index contributed by atoms with van der Waals surface area (Å²) in [4.78, 5) is 23.5. The van der Waals surface area contributed by atoms with Gasteiger partial charge < -0.3 is 4.90 Å². The van der Waals surface area contributed by atoms with Crippen LogP contribution in [0.15, 0.2) is 18.2 Å². The van der Waals surface area contributed by atoms with Gasteiger partial charge in [0.2, 0.25) is 5.91 Å². The second-order valence-electron chi connectivity index (χ2n) is 4.12. The summed E-state index contributed by atoms with van der Waals surface area (Å²) < 4.78 is 0. The zero-order chi connectivity index (χ0) is 13.3. The first-order valence-electron chi connectivity index (χ1n) is 5.33. The zero-order valence-electron chi connectivity index (χ0n) is 9.31. The van der Waals surface area contributed by atoms with Crippen molar-refractivity contribution in [1.29, 1.82) is 0 Å². The van der Waals surface area contributed by atoms with Crippen LogP contribution in [0.2, 0.25) is 5.02 Å². The maximum absolute atomic E-state index is 11.8. The Labute approximate surface area is 113 Å². The number of alkyl halides is 1. The van der Waals surface area contributed by atoms with E-state index in [1.54, 1.807) is 0 Å². The van der Waals surface area contributed by atoms with Gasteiger partial charge in [-0.15, -0.1) is 11.6 Å². The Kier molecular flexibility index (Phi) is 3.73. The number of amides is 1. The van der Waals surface area contributed by atoms with Crippen LogP contribution in [0.3, 0.4) is 0 Å². The van der Waals surface area contributed by atoms with Gasteiger partial charge in [0, 0.05) is 31.0 Å². The Hall–Kier alpha value is -1.33. The SMILES string of the molecule is O=C1CC(CCl)CN1c1cc([N+](=O)[O-])ccc1Cl. The van der Waals surface area contributed by atoms with E-state index in [0.717, 1.165) is 0 Å². The lowest BCUT2D eigenvalue weighted by atomic mass is 10.1. The van der Waals surface area contributed by atoms with Gasteiger partial charge in [0.25, 0.3) is 5.69 Å². The standard InChI is InChI=1S/C11H10Cl2N2O3/c12-5-7-3-11(16)14(6-7)10-4-8(15(17)18)1-2-9(10)13/h1-2,4,7H,3,5-6H2. The number of hydrogen-bond acceptors (Lipinski definition) is 3. The third kappa shape index (κ3) is 2.42. The van der Waals surface area contributed by atoms with Gasteiger partial charge in [0.1, 0.15) is 0 Å². The van der Waals surface area contributed by atoms with Gasteiger partial charge in [-0.1, -0.05) is 11.6 Å². The van der Waals surface area contributed by atoms with Crippen molar-refractivity contribution >= 4 is 40.5 Å². The second kappa shape index (κ2) is 5.12. The Morgan fingerprint density at radius 3 is 2.78 bits per heavy atom. The zero-order valence-corrected chi connectivity index (χ0v) is 10.8. The number of halogens is 2. The van der Waals surface area contributed by atoms with Gasteiger partial charge in [0.05, 0.1) is 15.6 Å². The highest BCUT2D eigenvalue weighted by molar-refractivity contribution is 6.34. The van der Waals surface area contributed by atoms with Gasteiger partial charge in [0.15, 0.2) is 0 Å². The molecule has 1 aliphatic heterocycles. The quantitative estimate of drug-likeness (QED) is 0.488. The van der Waals surface area contributed by atoms with E-state index in [0.29, 0.717) is 29.6 Å². The van der Waals surface area contributed by atoms with Crippen LogP contribution >= 0.6 is 23.2 Å². The van der Waals surface area contributed by atoms with Crippen LogP contribution in [0.5, 0.6) is 0 Å². The molecule has 0 aliphatic carbocycles. The molecule has 1 fully saturated rings. The summed E-state index contributed by atoms with van der Waals surface area (Å²) in [6, 6.07) is 4.05. The fourth-order valence-corrected chi connectivity index (χ4v) is 2.37. The van der Waals surface area contributed by atoms with Crippen molar-refractivity contribution in [2.75, 3.05) is 17.3 Å². The molecule has 0 spiro atoms. The Morgan fingerprint density at radius 2 is 2.22 bits per heavy atom. The van der Waals surface area contributed by atoms with Crippen molar-refractivity contribution in [2.24, 2.45) is 5.92 Å². The van der Waals surface area contributed by atoms with Crippen molar-refractivity contribution in [3.05, 3.63) is 33.3 Å². The summed E-state index contributed by atoms with van der Waals surface area (Å²) in [7, 11) is 0. The molecule has 7 heteroatoms. The van der Waals surface area contributed by atoms with E-state index in [4.69, 9.17) is 23.2 Å². The van der Waals surface area contributed by atoms with Crippen molar-refractivity contribution < 1.29 is 9.72 Å². The number of rotatable bonds is 3. The van der Waals surface area contributed by atoms with Crippen LogP contribution in [-0.2, 0) is 4.79 Å². The highest BCUT2D eigenvalue weighted by Crippen LogP contribution is 2.34. The summed E-state index contributed by atoms with van der Waals surface area (Å²) in [5, 5.41) is 11.0. The average Bonchev–Trinajstić information content (AvgIpc) is 2.71. The third-order valence-corrected chi connectivity index (χ3v) is 3.61. The predicted molar refractivity (Wildman–Crippen MR) is 69.3 cm³/mol. The molecular formula is C11H10Cl2N2O3. The summed E-state index contributed by atoms with van der Waals surface area (Å²) >= 11 is 11.7. The maximum Gasteiger partial charge on any atom is 0.271 e. The van der Waals surface area contributed by atoms with Gasteiger partial charge in [-0.05, 0) is 12.0 Å². The largest absolute Gasteiger partial charge is 0.310 e. The van der Waals surface area contributed by atoms with Crippen molar-refractivity contribution in [3.8, 4) is 0 Å². The lowest BCUT2D eigenvalue weighted by Crippen LogP contribution is -2.25. The Morgan fingerprint density at radius 1 is 1.50 bits per heavy atom. The highest BCUT2D eigenvalue weighted by atomic mass is 35.5. The summed E-state index contributed by atoms with van der Waals surface area (Å²) in [5.41, 5.74) is 0.292. The molecule has 18 heavy (non-hydrogen) atoms. The first-order valence-corrected chi connectivity index (χ1v) is 6.24. The van der Waals surface area contributed by atoms with Gasteiger partial charge in [-0.25, -0.2) is 0 Å². The lowest BCUT2D eigenvalue weighted by molar-refractivity contribution is -0.384. The molecule has 2 rings (SSSR count).